The number of carbonyl (C=O) groups is 1. The number of nitrogens with one attached hydrogen (secondary N) is 2. The second-order valence-corrected chi connectivity index (χ2v) is 8.65. The van der Waals surface area contributed by atoms with Gasteiger partial charge in [0.05, 0.1) is 11.3 Å². The van der Waals surface area contributed by atoms with E-state index >= 15 is 0 Å². The lowest BCUT2D eigenvalue weighted by atomic mass is 10.1. The summed E-state index contributed by atoms with van der Waals surface area (Å²) in [5, 5.41) is 10.4. The van der Waals surface area contributed by atoms with Gasteiger partial charge in [0.15, 0.2) is 17.3 Å². The second-order valence-electron chi connectivity index (χ2n) is 8.65. The standard InChI is InChI=1S/C26H27N5O3/c1-15(2)24-28-25(30-29-24)19-7-5-6-8-21(19)27-26(32)20-13-16(3)31(17(20)4)18-9-10-22-23(14-18)34-12-11-33-22/h5-10,13-15H,11-12H2,1-4H3,(H,27,32)(H,28,29,30). The van der Waals surface area contributed by atoms with E-state index < -0.39 is 0 Å². The molecule has 34 heavy (non-hydrogen) atoms. The van der Waals surface area contributed by atoms with Crippen molar-refractivity contribution in [3.8, 4) is 28.6 Å². The predicted molar refractivity (Wildman–Crippen MR) is 130 cm³/mol. The maximum Gasteiger partial charge on any atom is 0.257 e. The van der Waals surface area contributed by atoms with Gasteiger partial charge in [-0.3, -0.25) is 9.89 Å². The van der Waals surface area contributed by atoms with Crippen LogP contribution in [0.4, 0.5) is 5.69 Å². The highest BCUT2D eigenvalue weighted by Crippen LogP contribution is 2.34. The van der Waals surface area contributed by atoms with Gasteiger partial charge in [0.25, 0.3) is 5.91 Å². The number of nitrogens with zero attached hydrogens (tertiary/aromatic N) is 3. The quantitative estimate of drug-likeness (QED) is 0.439. The van der Waals surface area contributed by atoms with Crippen molar-refractivity contribution >= 4 is 11.6 Å². The zero-order valence-corrected chi connectivity index (χ0v) is 19.7. The van der Waals surface area contributed by atoms with E-state index in [2.05, 4.69) is 34.3 Å². The lowest BCUT2D eigenvalue weighted by Crippen LogP contribution is -2.16. The topological polar surface area (TPSA) is 94.1 Å². The average Bonchev–Trinajstić information content (AvgIpc) is 3.44. The Balaban J connectivity index is 1.45. The third-order valence-corrected chi connectivity index (χ3v) is 5.93. The summed E-state index contributed by atoms with van der Waals surface area (Å²) in [7, 11) is 0. The van der Waals surface area contributed by atoms with E-state index in [1.807, 2.05) is 66.9 Å². The number of rotatable bonds is 5. The number of aromatic nitrogens is 4. The summed E-state index contributed by atoms with van der Waals surface area (Å²) in [4.78, 5) is 17.9. The van der Waals surface area contributed by atoms with E-state index in [-0.39, 0.29) is 11.8 Å². The fourth-order valence-electron chi connectivity index (χ4n) is 4.19. The van der Waals surface area contributed by atoms with Crippen LogP contribution in [0.15, 0.2) is 48.5 Å². The Labute approximate surface area is 197 Å². The maximum atomic E-state index is 13.3. The van der Waals surface area contributed by atoms with Crippen molar-refractivity contribution in [1.29, 1.82) is 0 Å². The minimum absolute atomic E-state index is 0.191. The van der Waals surface area contributed by atoms with Crippen LogP contribution < -0.4 is 14.8 Å². The zero-order valence-electron chi connectivity index (χ0n) is 19.7. The Kier molecular flexibility index (Phi) is 5.57. The minimum atomic E-state index is -0.191. The van der Waals surface area contributed by atoms with Crippen LogP contribution in [0, 0.1) is 13.8 Å². The Morgan fingerprint density at radius 3 is 2.59 bits per heavy atom. The SMILES string of the molecule is Cc1cc(C(=O)Nc2ccccc2-c2n[nH]c(C(C)C)n2)c(C)n1-c1ccc2c(c1)OCCO2. The van der Waals surface area contributed by atoms with Crippen molar-refractivity contribution in [2.24, 2.45) is 0 Å². The fourth-order valence-corrected chi connectivity index (χ4v) is 4.19. The molecule has 8 nitrogen and oxygen atoms in total. The first-order valence-electron chi connectivity index (χ1n) is 11.3. The van der Waals surface area contributed by atoms with Gasteiger partial charge in [-0.15, -0.1) is 0 Å². The van der Waals surface area contributed by atoms with E-state index in [4.69, 9.17) is 9.47 Å². The van der Waals surface area contributed by atoms with Crippen molar-refractivity contribution in [1.82, 2.24) is 19.7 Å². The van der Waals surface area contributed by atoms with E-state index in [1.54, 1.807) is 0 Å². The molecular weight excluding hydrogens is 430 g/mol. The fraction of sp³-hybridized carbons (Fsp3) is 0.269. The molecule has 4 aromatic rings. The Morgan fingerprint density at radius 2 is 1.82 bits per heavy atom. The third-order valence-electron chi connectivity index (χ3n) is 5.93. The molecule has 0 aliphatic carbocycles. The number of aromatic amines is 1. The summed E-state index contributed by atoms with van der Waals surface area (Å²) < 4.78 is 13.4. The minimum Gasteiger partial charge on any atom is -0.486 e. The molecule has 5 rings (SSSR count). The lowest BCUT2D eigenvalue weighted by Gasteiger charge is -2.20. The monoisotopic (exact) mass is 457 g/mol. The summed E-state index contributed by atoms with van der Waals surface area (Å²) in [6.07, 6.45) is 0. The summed E-state index contributed by atoms with van der Waals surface area (Å²) in [6, 6.07) is 15.3. The number of H-pyrrole nitrogens is 1. The molecule has 1 amide bonds. The van der Waals surface area contributed by atoms with Gasteiger partial charge in [-0.05, 0) is 44.2 Å². The van der Waals surface area contributed by atoms with Crippen molar-refractivity contribution < 1.29 is 14.3 Å². The first kappa shape index (κ1) is 21.8. The zero-order chi connectivity index (χ0) is 23.8. The lowest BCUT2D eigenvalue weighted by molar-refractivity contribution is 0.102. The van der Waals surface area contributed by atoms with E-state index in [9.17, 15) is 4.79 Å². The van der Waals surface area contributed by atoms with Gasteiger partial charge in [0.2, 0.25) is 0 Å². The highest BCUT2D eigenvalue weighted by Gasteiger charge is 2.21. The number of carbonyl (C=O) groups excluding carboxylic acids is 1. The van der Waals surface area contributed by atoms with Crippen molar-refractivity contribution in [2.45, 2.75) is 33.6 Å². The first-order valence-corrected chi connectivity index (χ1v) is 11.3. The molecule has 2 N–H and O–H groups in total. The molecule has 2 aromatic heterocycles. The molecular formula is C26H27N5O3. The Hall–Kier alpha value is -4.07. The molecule has 174 valence electrons. The van der Waals surface area contributed by atoms with Gasteiger partial charge in [-0.1, -0.05) is 26.0 Å². The van der Waals surface area contributed by atoms with E-state index in [1.165, 1.54) is 0 Å². The predicted octanol–water partition coefficient (Wildman–Crippen LogP) is 5.03. The third kappa shape index (κ3) is 3.91. The summed E-state index contributed by atoms with van der Waals surface area (Å²) >= 11 is 0. The van der Waals surface area contributed by atoms with Gasteiger partial charge in [-0.25, -0.2) is 4.98 Å². The van der Waals surface area contributed by atoms with Crippen LogP contribution in [-0.4, -0.2) is 38.9 Å². The van der Waals surface area contributed by atoms with E-state index in [0.29, 0.717) is 36.0 Å². The van der Waals surface area contributed by atoms with E-state index in [0.717, 1.165) is 34.2 Å². The van der Waals surface area contributed by atoms with Crippen LogP contribution in [0.2, 0.25) is 0 Å². The van der Waals surface area contributed by atoms with Crippen LogP contribution in [-0.2, 0) is 0 Å². The highest BCUT2D eigenvalue weighted by molar-refractivity contribution is 6.07. The number of benzene rings is 2. The normalized spacial score (nSPS) is 12.7. The van der Waals surface area contributed by atoms with Crippen molar-refractivity contribution in [3.63, 3.8) is 0 Å². The molecule has 0 fully saturated rings. The molecule has 3 heterocycles. The number of anilines is 1. The van der Waals surface area contributed by atoms with Gasteiger partial charge >= 0.3 is 0 Å². The van der Waals surface area contributed by atoms with Gasteiger partial charge in [0, 0.05) is 34.6 Å². The Bertz CT molecular complexity index is 1370. The van der Waals surface area contributed by atoms with Gasteiger partial charge < -0.3 is 19.4 Å². The molecule has 0 saturated heterocycles. The van der Waals surface area contributed by atoms with Crippen LogP contribution in [0.3, 0.4) is 0 Å². The van der Waals surface area contributed by atoms with Crippen molar-refractivity contribution in [2.75, 3.05) is 18.5 Å². The molecule has 0 spiro atoms. The molecule has 0 radical (unpaired) electrons. The maximum absolute atomic E-state index is 13.3. The second kappa shape index (κ2) is 8.70. The summed E-state index contributed by atoms with van der Waals surface area (Å²) in [5.41, 5.74) is 4.72. The van der Waals surface area contributed by atoms with Gasteiger partial charge in [0.1, 0.15) is 19.0 Å². The summed E-state index contributed by atoms with van der Waals surface area (Å²) in [6.45, 7) is 9.10. The number of hydrogen-bond acceptors (Lipinski definition) is 5. The molecule has 0 unspecified atom stereocenters. The number of para-hydroxylation sites is 1. The molecule has 0 atom stereocenters. The molecule has 2 aromatic carbocycles. The molecule has 1 aliphatic rings. The smallest absolute Gasteiger partial charge is 0.257 e. The van der Waals surface area contributed by atoms with Crippen LogP contribution >= 0.6 is 0 Å². The number of aryl methyl sites for hydroxylation is 1. The number of ether oxygens (including phenoxy) is 2. The number of amides is 1. The van der Waals surface area contributed by atoms with Crippen molar-refractivity contribution in [3.05, 3.63) is 71.3 Å². The Morgan fingerprint density at radius 1 is 1.06 bits per heavy atom. The van der Waals surface area contributed by atoms with Crippen LogP contribution in [0.1, 0.15) is 47.3 Å². The van der Waals surface area contributed by atoms with Crippen LogP contribution in [0.5, 0.6) is 11.5 Å². The average molecular weight is 458 g/mol. The largest absolute Gasteiger partial charge is 0.486 e. The molecule has 0 bridgehead atoms. The molecule has 8 heteroatoms. The number of fused-ring (bicyclic) bond motifs is 1. The summed E-state index contributed by atoms with van der Waals surface area (Å²) in [5.74, 6) is 2.85. The number of hydrogen-bond donors (Lipinski definition) is 2. The van der Waals surface area contributed by atoms with Crippen LogP contribution in [0.25, 0.3) is 17.1 Å². The molecule has 0 saturated carbocycles. The highest BCUT2D eigenvalue weighted by atomic mass is 16.6. The first-order chi connectivity index (χ1) is 16.4. The molecule has 1 aliphatic heterocycles. The van der Waals surface area contributed by atoms with Gasteiger partial charge in [-0.2, -0.15) is 5.10 Å².